The molecule has 0 aromatic carbocycles. The van der Waals surface area contributed by atoms with Crippen LogP contribution in [-0.4, -0.2) is 41.4 Å². The lowest BCUT2D eigenvalue weighted by Crippen LogP contribution is -2.57. The van der Waals surface area contributed by atoms with Crippen molar-refractivity contribution >= 4 is 11.8 Å². The lowest BCUT2D eigenvalue weighted by Gasteiger charge is -2.35. The molecule has 114 valence electrons. The van der Waals surface area contributed by atoms with Crippen molar-refractivity contribution in [1.82, 2.24) is 10.2 Å². The van der Waals surface area contributed by atoms with Gasteiger partial charge < -0.3 is 16.0 Å². The molecule has 1 atom stereocenters. The monoisotopic (exact) mass is 281 g/mol. The smallest absolute Gasteiger partial charge is 0.240 e. The number of amides is 2. The molecule has 1 aliphatic heterocycles. The number of rotatable bonds is 4. The quantitative estimate of drug-likeness (QED) is 0.803. The number of carbonyl (C=O) groups excluding carboxylic acids is 2. The average Bonchev–Trinajstić information content (AvgIpc) is 3.23. The highest BCUT2D eigenvalue weighted by Crippen LogP contribution is 2.38. The summed E-state index contributed by atoms with van der Waals surface area (Å²) in [5.74, 6) is 0.554. The van der Waals surface area contributed by atoms with Crippen LogP contribution < -0.4 is 11.1 Å². The molecule has 0 bridgehead atoms. The fourth-order valence-electron chi connectivity index (χ4n) is 2.82. The second-order valence-electron chi connectivity index (χ2n) is 6.78. The Morgan fingerprint density at radius 3 is 2.20 bits per heavy atom. The summed E-state index contributed by atoms with van der Waals surface area (Å²) in [6, 6.07) is 0.153. The van der Waals surface area contributed by atoms with E-state index in [0.29, 0.717) is 5.92 Å². The summed E-state index contributed by atoms with van der Waals surface area (Å²) in [6.07, 6.45) is 3.76. The summed E-state index contributed by atoms with van der Waals surface area (Å²) >= 11 is 0. The molecule has 2 rings (SSSR count). The van der Waals surface area contributed by atoms with Crippen molar-refractivity contribution in [1.29, 1.82) is 0 Å². The number of hydrogen-bond acceptors (Lipinski definition) is 3. The number of nitrogens with one attached hydrogen (secondary N) is 1. The Kier molecular flexibility index (Phi) is 4.37. The van der Waals surface area contributed by atoms with Crippen molar-refractivity contribution in [3.8, 4) is 0 Å². The van der Waals surface area contributed by atoms with Gasteiger partial charge in [0.05, 0.1) is 5.54 Å². The minimum atomic E-state index is -0.731. The Hall–Kier alpha value is -1.10. The minimum absolute atomic E-state index is 0.0337. The van der Waals surface area contributed by atoms with Gasteiger partial charge >= 0.3 is 0 Å². The summed E-state index contributed by atoms with van der Waals surface area (Å²) < 4.78 is 0. The normalized spacial score (nSPS) is 23.6. The Morgan fingerprint density at radius 1 is 1.20 bits per heavy atom. The van der Waals surface area contributed by atoms with Gasteiger partial charge in [-0.15, -0.1) is 0 Å². The zero-order valence-corrected chi connectivity index (χ0v) is 12.8. The molecule has 2 aliphatic rings. The summed E-state index contributed by atoms with van der Waals surface area (Å²) in [6.45, 7) is 7.13. The van der Waals surface area contributed by atoms with E-state index < -0.39 is 5.54 Å². The van der Waals surface area contributed by atoms with Gasteiger partial charge in [-0.2, -0.15) is 0 Å². The van der Waals surface area contributed by atoms with Gasteiger partial charge in [0.2, 0.25) is 11.8 Å². The van der Waals surface area contributed by atoms with Crippen LogP contribution in [0.25, 0.3) is 0 Å². The molecule has 5 heteroatoms. The van der Waals surface area contributed by atoms with Crippen LogP contribution in [0, 0.1) is 11.8 Å². The second kappa shape index (κ2) is 5.72. The molecule has 0 spiro atoms. The molecule has 0 aromatic heterocycles. The minimum Gasteiger partial charge on any atom is -0.352 e. The van der Waals surface area contributed by atoms with Crippen LogP contribution >= 0.6 is 0 Å². The van der Waals surface area contributed by atoms with Crippen LogP contribution in [0.4, 0.5) is 0 Å². The van der Waals surface area contributed by atoms with Crippen molar-refractivity contribution < 1.29 is 9.59 Å². The Morgan fingerprint density at radius 2 is 1.75 bits per heavy atom. The number of piperidine rings is 1. The summed E-state index contributed by atoms with van der Waals surface area (Å²) in [4.78, 5) is 26.0. The first-order valence-corrected chi connectivity index (χ1v) is 7.71. The zero-order valence-electron chi connectivity index (χ0n) is 12.8. The average molecular weight is 281 g/mol. The number of likely N-dealkylation sites (tertiary alicyclic amines) is 1. The topological polar surface area (TPSA) is 75.4 Å². The van der Waals surface area contributed by atoms with Crippen LogP contribution in [0.5, 0.6) is 0 Å². The van der Waals surface area contributed by atoms with Gasteiger partial charge in [-0.1, -0.05) is 13.8 Å². The molecular formula is C15H27N3O2. The van der Waals surface area contributed by atoms with E-state index in [4.69, 9.17) is 5.73 Å². The van der Waals surface area contributed by atoms with E-state index in [-0.39, 0.29) is 23.8 Å². The third-order valence-electron chi connectivity index (χ3n) is 4.55. The molecule has 2 fully saturated rings. The van der Waals surface area contributed by atoms with E-state index in [2.05, 4.69) is 5.32 Å². The van der Waals surface area contributed by atoms with Gasteiger partial charge in [0.15, 0.2) is 0 Å². The van der Waals surface area contributed by atoms with E-state index in [1.54, 1.807) is 0 Å². The van der Waals surface area contributed by atoms with Gasteiger partial charge in [0, 0.05) is 25.0 Å². The first-order valence-electron chi connectivity index (χ1n) is 7.71. The van der Waals surface area contributed by atoms with Crippen LogP contribution in [-0.2, 0) is 9.59 Å². The van der Waals surface area contributed by atoms with Crippen LogP contribution in [0.2, 0.25) is 0 Å². The van der Waals surface area contributed by atoms with Crippen LogP contribution in [0.3, 0.4) is 0 Å². The predicted molar refractivity (Wildman–Crippen MR) is 77.9 cm³/mol. The molecule has 2 amide bonds. The number of hydrogen-bond donors (Lipinski definition) is 2. The highest BCUT2D eigenvalue weighted by Gasteiger charge is 2.44. The van der Waals surface area contributed by atoms with E-state index in [1.165, 1.54) is 0 Å². The molecule has 3 N–H and O–H groups in total. The summed E-state index contributed by atoms with van der Waals surface area (Å²) in [7, 11) is 0. The molecule has 20 heavy (non-hydrogen) atoms. The third kappa shape index (κ3) is 3.32. The van der Waals surface area contributed by atoms with Gasteiger partial charge in [-0.05, 0) is 38.5 Å². The predicted octanol–water partition coefficient (Wildman–Crippen LogP) is 0.877. The highest BCUT2D eigenvalue weighted by atomic mass is 16.2. The first-order chi connectivity index (χ1) is 9.32. The van der Waals surface area contributed by atoms with Gasteiger partial charge in [0.1, 0.15) is 0 Å². The van der Waals surface area contributed by atoms with Gasteiger partial charge in [-0.25, -0.2) is 0 Å². The molecule has 5 nitrogen and oxygen atoms in total. The number of carbonyl (C=O) groups is 2. The van der Waals surface area contributed by atoms with Gasteiger partial charge in [0.25, 0.3) is 0 Å². The molecule has 1 heterocycles. The highest BCUT2D eigenvalue weighted by molar-refractivity contribution is 5.86. The van der Waals surface area contributed by atoms with E-state index in [1.807, 2.05) is 25.7 Å². The molecule has 1 aliphatic carbocycles. The fourth-order valence-corrected chi connectivity index (χ4v) is 2.82. The third-order valence-corrected chi connectivity index (χ3v) is 4.55. The van der Waals surface area contributed by atoms with E-state index in [0.717, 1.165) is 38.8 Å². The second-order valence-corrected chi connectivity index (χ2v) is 6.78. The zero-order chi connectivity index (χ0) is 14.9. The van der Waals surface area contributed by atoms with Crippen molar-refractivity contribution in [3.63, 3.8) is 0 Å². The Bertz CT molecular complexity index is 381. The lowest BCUT2D eigenvalue weighted by atomic mass is 9.94. The number of nitrogens with two attached hydrogens (primary N) is 1. The van der Waals surface area contributed by atoms with Crippen molar-refractivity contribution in [2.75, 3.05) is 13.1 Å². The van der Waals surface area contributed by atoms with E-state index >= 15 is 0 Å². The largest absolute Gasteiger partial charge is 0.352 e. The molecule has 1 unspecified atom stereocenters. The molecule has 1 saturated heterocycles. The summed E-state index contributed by atoms with van der Waals surface area (Å²) in [5.41, 5.74) is 5.39. The molecule has 0 radical (unpaired) electrons. The van der Waals surface area contributed by atoms with Crippen molar-refractivity contribution in [2.24, 2.45) is 17.6 Å². The molecular weight excluding hydrogens is 254 g/mol. The SMILES string of the molecule is CC(C)C(=O)N1CCC(NC(=O)C(C)(N)C2CC2)CC1. The maximum absolute atomic E-state index is 12.2. The summed E-state index contributed by atoms with van der Waals surface area (Å²) in [5, 5.41) is 3.07. The van der Waals surface area contributed by atoms with Gasteiger partial charge in [-0.3, -0.25) is 9.59 Å². The van der Waals surface area contributed by atoms with E-state index in [9.17, 15) is 9.59 Å². The Balaban J connectivity index is 1.80. The molecule has 1 saturated carbocycles. The first kappa shape index (κ1) is 15.3. The molecule has 0 aromatic rings. The fraction of sp³-hybridized carbons (Fsp3) is 0.867. The van der Waals surface area contributed by atoms with Crippen LogP contribution in [0.1, 0.15) is 46.5 Å². The standard InChI is InChI=1S/C15H27N3O2/c1-10(2)13(19)18-8-6-12(7-9-18)17-14(20)15(3,16)11-4-5-11/h10-12H,4-9,16H2,1-3H3,(H,17,20). The van der Waals surface area contributed by atoms with Crippen molar-refractivity contribution in [3.05, 3.63) is 0 Å². The Labute approximate surface area is 121 Å². The van der Waals surface area contributed by atoms with Crippen molar-refractivity contribution in [2.45, 2.75) is 58.0 Å². The van der Waals surface area contributed by atoms with Crippen LogP contribution in [0.15, 0.2) is 0 Å². The maximum atomic E-state index is 12.2. The maximum Gasteiger partial charge on any atom is 0.240 e. The lowest BCUT2D eigenvalue weighted by molar-refractivity contribution is -0.135. The number of nitrogens with zero attached hydrogens (tertiary/aromatic N) is 1.